The zero-order chi connectivity index (χ0) is 13.8. The predicted molar refractivity (Wildman–Crippen MR) is 74.4 cm³/mol. The minimum absolute atomic E-state index is 0.0957. The fourth-order valence-corrected chi connectivity index (χ4v) is 2.25. The number of phenols is 1. The van der Waals surface area contributed by atoms with Crippen LogP contribution in [-0.4, -0.2) is 67.1 Å². The number of rotatable bonds is 3. The van der Waals surface area contributed by atoms with Crippen LogP contribution >= 0.6 is 0 Å². The van der Waals surface area contributed by atoms with Crippen molar-refractivity contribution in [3.8, 4) is 5.75 Å². The van der Waals surface area contributed by atoms with Gasteiger partial charge in [-0.3, -0.25) is 9.69 Å². The van der Waals surface area contributed by atoms with Crippen molar-refractivity contribution >= 4 is 5.91 Å². The minimum Gasteiger partial charge on any atom is -0.508 e. The van der Waals surface area contributed by atoms with Crippen LogP contribution in [0.1, 0.15) is 10.4 Å². The molecule has 1 aliphatic heterocycles. The SMILES string of the molecule is CN1CCN(C)[C@H](CNC(=O)c2ccc(O)cc2)C1. The van der Waals surface area contributed by atoms with Crippen LogP contribution in [0.2, 0.25) is 0 Å². The van der Waals surface area contributed by atoms with Gasteiger partial charge < -0.3 is 15.3 Å². The highest BCUT2D eigenvalue weighted by Crippen LogP contribution is 2.10. The molecule has 0 spiro atoms. The zero-order valence-corrected chi connectivity index (χ0v) is 11.5. The molecule has 5 nitrogen and oxygen atoms in total. The van der Waals surface area contributed by atoms with Crippen LogP contribution in [0.5, 0.6) is 5.75 Å². The van der Waals surface area contributed by atoms with E-state index in [-0.39, 0.29) is 11.7 Å². The van der Waals surface area contributed by atoms with Gasteiger partial charge in [-0.05, 0) is 38.4 Å². The van der Waals surface area contributed by atoms with Crippen molar-refractivity contribution in [2.45, 2.75) is 6.04 Å². The number of hydrogen-bond donors (Lipinski definition) is 2. The van der Waals surface area contributed by atoms with Crippen molar-refractivity contribution in [1.29, 1.82) is 0 Å². The quantitative estimate of drug-likeness (QED) is 0.827. The molecule has 0 radical (unpaired) electrons. The van der Waals surface area contributed by atoms with Crippen LogP contribution in [0.25, 0.3) is 0 Å². The lowest BCUT2D eigenvalue weighted by molar-refractivity contribution is 0.0881. The van der Waals surface area contributed by atoms with Gasteiger partial charge in [-0.25, -0.2) is 0 Å². The molecule has 0 saturated carbocycles. The van der Waals surface area contributed by atoms with Crippen LogP contribution in [0, 0.1) is 0 Å². The van der Waals surface area contributed by atoms with Gasteiger partial charge in [-0.15, -0.1) is 0 Å². The summed E-state index contributed by atoms with van der Waals surface area (Å²) in [5, 5.41) is 12.1. The Morgan fingerprint density at radius 1 is 1.32 bits per heavy atom. The molecule has 1 aliphatic rings. The van der Waals surface area contributed by atoms with Crippen LogP contribution in [0.4, 0.5) is 0 Å². The molecular weight excluding hydrogens is 242 g/mol. The summed E-state index contributed by atoms with van der Waals surface area (Å²) >= 11 is 0. The van der Waals surface area contributed by atoms with Crippen molar-refractivity contribution in [3.63, 3.8) is 0 Å². The Morgan fingerprint density at radius 3 is 2.68 bits per heavy atom. The maximum Gasteiger partial charge on any atom is 0.251 e. The maximum atomic E-state index is 12.0. The predicted octanol–water partition coefficient (Wildman–Crippen LogP) is 0.368. The van der Waals surface area contributed by atoms with Crippen molar-refractivity contribution in [3.05, 3.63) is 29.8 Å². The summed E-state index contributed by atoms with van der Waals surface area (Å²) in [6, 6.07) is 6.65. The molecule has 2 rings (SSSR count). The molecule has 1 atom stereocenters. The summed E-state index contributed by atoms with van der Waals surface area (Å²) < 4.78 is 0. The monoisotopic (exact) mass is 263 g/mol. The molecule has 0 unspecified atom stereocenters. The van der Waals surface area contributed by atoms with E-state index in [0.717, 1.165) is 19.6 Å². The molecule has 1 heterocycles. The Balaban J connectivity index is 1.87. The maximum absolute atomic E-state index is 12.0. The van der Waals surface area contributed by atoms with Crippen molar-refractivity contribution < 1.29 is 9.90 Å². The second-order valence-electron chi connectivity index (χ2n) is 5.15. The Kier molecular flexibility index (Phi) is 4.39. The van der Waals surface area contributed by atoms with E-state index in [0.29, 0.717) is 18.2 Å². The molecule has 1 saturated heterocycles. The summed E-state index contributed by atoms with van der Waals surface area (Å²) in [5.41, 5.74) is 0.574. The Labute approximate surface area is 113 Å². The van der Waals surface area contributed by atoms with E-state index in [4.69, 9.17) is 0 Å². The third-order valence-corrected chi connectivity index (χ3v) is 3.61. The molecule has 1 fully saturated rings. The zero-order valence-electron chi connectivity index (χ0n) is 11.5. The molecule has 0 aliphatic carbocycles. The molecule has 1 amide bonds. The number of nitrogens with one attached hydrogen (secondary N) is 1. The largest absolute Gasteiger partial charge is 0.508 e. The van der Waals surface area contributed by atoms with Gasteiger partial charge in [0.25, 0.3) is 5.91 Å². The van der Waals surface area contributed by atoms with Gasteiger partial charge in [0.1, 0.15) is 5.75 Å². The normalized spacial score (nSPS) is 21.3. The van der Waals surface area contributed by atoms with Crippen molar-refractivity contribution in [2.24, 2.45) is 0 Å². The minimum atomic E-state index is -0.0957. The summed E-state index contributed by atoms with van der Waals surface area (Å²) in [5.74, 6) is 0.0758. The van der Waals surface area contributed by atoms with E-state index in [1.54, 1.807) is 12.1 Å². The first-order valence-corrected chi connectivity index (χ1v) is 6.52. The lowest BCUT2D eigenvalue weighted by Crippen LogP contribution is -2.54. The van der Waals surface area contributed by atoms with Crippen LogP contribution in [0.3, 0.4) is 0 Å². The molecule has 5 heteroatoms. The molecule has 2 N–H and O–H groups in total. The average Bonchev–Trinajstić information content (AvgIpc) is 2.40. The van der Waals surface area contributed by atoms with Gasteiger partial charge >= 0.3 is 0 Å². The summed E-state index contributed by atoms with van der Waals surface area (Å²) in [7, 11) is 4.19. The number of aromatic hydroxyl groups is 1. The Bertz CT molecular complexity index is 433. The average molecular weight is 263 g/mol. The van der Waals surface area contributed by atoms with Crippen molar-refractivity contribution in [2.75, 3.05) is 40.3 Å². The summed E-state index contributed by atoms with van der Waals surface area (Å²) in [6.07, 6.45) is 0. The van der Waals surface area contributed by atoms with Crippen molar-refractivity contribution in [1.82, 2.24) is 15.1 Å². The van der Waals surface area contributed by atoms with Crippen LogP contribution in [-0.2, 0) is 0 Å². The second-order valence-corrected chi connectivity index (χ2v) is 5.15. The first-order valence-electron chi connectivity index (χ1n) is 6.52. The first-order chi connectivity index (χ1) is 9.06. The molecule has 104 valence electrons. The lowest BCUT2D eigenvalue weighted by Gasteiger charge is -2.37. The topological polar surface area (TPSA) is 55.8 Å². The molecule has 19 heavy (non-hydrogen) atoms. The fraction of sp³-hybridized carbons (Fsp3) is 0.500. The van der Waals surface area contributed by atoms with Crippen LogP contribution < -0.4 is 5.32 Å². The Hall–Kier alpha value is -1.59. The number of phenolic OH excluding ortho intramolecular Hbond substituents is 1. The smallest absolute Gasteiger partial charge is 0.251 e. The highest BCUT2D eigenvalue weighted by Gasteiger charge is 2.22. The van der Waals surface area contributed by atoms with E-state index in [2.05, 4.69) is 29.2 Å². The Morgan fingerprint density at radius 2 is 2.00 bits per heavy atom. The third kappa shape index (κ3) is 3.68. The summed E-state index contributed by atoms with van der Waals surface area (Å²) in [6.45, 7) is 3.70. The van der Waals surface area contributed by atoms with E-state index >= 15 is 0 Å². The fourth-order valence-electron chi connectivity index (χ4n) is 2.25. The molecule has 0 aromatic heterocycles. The molecule has 1 aromatic rings. The first kappa shape index (κ1) is 13.8. The number of piperazine rings is 1. The highest BCUT2D eigenvalue weighted by atomic mass is 16.3. The number of hydrogen-bond acceptors (Lipinski definition) is 4. The van der Waals surface area contributed by atoms with Gasteiger partial charge in [0.05, 0.1) is 0 Å². The third-order valence-electron chi connectivity index (χ3n) is 3.61. The highest BCUT2D eigenvalue weighted by molar-refractivity contribution is 5.94. The lowest BCUT2D eigenvalue weighted by atomic mass is 10.1. The number of nitrogens with zero attached hydrogens (tertiary/aromatic N) is 2. The van der Waals surface area contributed by atoms with Gasteiger partial charge in [-0.2, -0.15) is 0 Å². The van der Waals surface area contributed by atoms with Gasteiger partial charge in [0.2, 0.25) is 0 Å². The van der Waals surface area contributed by atoms with Gasteiger partial charge in [0, 0.05) is 37.8 Å². The van der Waals surface area contributed by atoms with E-state index in [1.807, 2.05) is 0 Å². The number of carbonyl (C=O) groups excluding carboxylic acids is 1. The molecule has 1 aromatic carbocycles. The van der Waals surface area contributed by atoms with E-state index in [1.165, 1.54) is 12.1 Å². The number of benzene rings is 1. The molecular formula is C14H21N3O2. The van der Waals surface area contributed by atoms with E-state index < -0.39 is 0 Å². The number of amides is 1. The number of carbonyl (C=O) groups is 1. The number of likely N-dealkylation sites (N-methyl/N-ethyl adjacent to an activating group) is 2. The summed E-state index contributed by atoms with van der Waals surface area (Å²) in [4.78, 5) is 16.5. The van der Waals surface area contributed by atoms with E-state index in [9.17, 15) is 9.90 Å². The van der Waals surface area contributed by atoms with Crippen LogP contribution in [0.15, 0.2) is 24.3 Å². The second kappa shape index (κ2) is 6.04. The molecule has 0 bridgehead atoms. The van der Waals surface area contributed by atoms with Gasteiger partial charge in [0.15, 0.2) is 0 Å². The van der Waals surface area contributed by atoms with Gasteiger partial charge in [-0.1, -0.05) is 0 Å². The standard InChI is InChI=1S/C14H21N3O2/c1-16-7-8-17(2)12(10-16)9-15-14(19)11-3-5-13(18)6-4-11/h3-6,12,18H,7-10H2,1-2H3,(H,15,19)/t12-/m1/s1.